The first-order valence-electron chi connectivity index (χ1n) is 5.35. The highest BCUT2D eigenvalue weighted by Crippen LogP contribution is 1.95. The minimum absolute atomic E-state index is 0.138. The van der Waals surface area contributed by atoms with Crippen LogP contribution in [0.4, 0.5) is 0 Å². The van der Waals surface area contributed by atoms with E-state index in [1.165, 1.54) is 12.4 Å². The Balaban J connectivity index is 2.11. The number of rotatable bonds is 7. The Morgan fingerprint density at radius 3 is 2.94 bits per heavy atom. The molecule has 0 aliphatic carbocycles. The van der Waals surface area contributed by atoms with Crippen LogP contribution in [0.1, 0.15) is 25.0 Å². The Bertz CT molecular complexity index is 385. The number of carbonyl (C=O) groups excluding carboxylic acids is 1. The first-order chi connectivity index (χ1) is 8.18. The average molecular weight is 237 g/mol. The van der Waals surface area contributed by atoms with Gasteiger partial charge in [0.15, 0.2) is 0 Å². The molecule has 0 atom stereocenters. The molecule has 1 aromatic heterocycles. The average Bonchev–Trinajstić information content (AvgIpc) is 2.78. The summed E-state index contributed by atoms with van der Waals surface area (Å²) in [6.45, 7) is 0.483. The lowest BCUT2D eigenvalue weighted by atomic mass is 10.2. The third-order valence-electron chi connectivity index (χ3n) is 2.04. The SMILES string of the molecule is O=C(O)CCCCNC(=O)/C=C/c1c[nH]cn1. The predicted molar refractivity (Wildman–Crippen MR) is 62.1 cm³/mol. The molecule has 0 saturated carbocycles. The van der Waals surface area contributed by atoms with Crippen molar-refractivity contribution in [1.29, 1.82) is 0 Å². The number of hydrogen-bond donors (Lipinski definition) is 3. The number of carboxylic acid groups (broad SMARTS) is 1. The van der Waals surface area contributed by atoms with Gasteiger partial charge in [0.05, 0.1) is 12.0 Å². The zero-order valence-corrected chi connectivity index (χ0v) is 9.35. The fourth-order valence-electron chi connectivity index (χ4n) is 1.20. The monoisotopic (exact) mass is 237 g/mol. The Labute approximate surface area is 98.8 Å². The van der Waals surface area contributed by atoms with Gasteiger partial charge < -0.3 is 15.4 Å². The first kappa shape index (κ1) is 13.0. The van der Waals surface area contributed by atoms with Crippen LogP contribution in [0.15, 0.2) is 18.6 Å². The number of carbonyl (C=O) groups is 2. The van der Waals surface area contributed by atoms with Crippen molar-refractivity contribution < 1.29 is 14.7 Å². The molecule has 0 spiro atoms. The van der Waals surface area contributed by atoms with Crippen molar-refractivity contribution >= 4 is 18.0 Å². The molecule has 17 heavy (non-hydrogen) atoms. The maximum Gasteiger partial charge on any atom is 0.303 e. The summed E-state index contributed by atoms with van der Waals surface area (Å²) in [6, 6.07) is 0. The number of nitrogens with zero attached hydrogens (tertiary/aromatic N) is 1. The molecule has 0 radical (unpaired) electrons. The van der Waals surface area contributed by atoms with E-state index >= 15 is 0 Å². The van der Waals surface area contributed by atoms with Crippen LogP contribution in [0.2, 0.25) is 0 Å². The number of H-pyrrole nitrogens is 1. The molecule has 0 unspecified atom stereocenters. The van der Waals surface area contributed by atoms with Crippen LogP contribution >= 0.6 is 0 Å². The van der Waals surface area contributed by atoms with Gasteiger partial charge in [-0.25, -0.2) is 4.98 Å². The van der Waals surface area contributed by atoms with Gasteiger partial charge in [-0.2, -0.15) is 0 Å². The zero-order valence-electron chi connectivity index (χ0n) is 9.35. The second kappa shape index (κ2) is 7.21. The molecule has 6 nitrogen and oxygen atoms in total. The third kappa shape index (κ3) is 6.14. The number of aliphatic carboxylic acids is 1. The van der Waals surface area contributed by atoms with Gasteiger partial charge in [0, 0.05) is 25.2 Å². The lowest BCUT2D eigenvalue weighted by Gasteiger charge is -2.00. The van der Waals surface area contributed by atoms with Crippen molar-refractivity contribution in [2.75, 3.05) is 6.54 Å². The molecule has 1 amide bonds. The summed E-state index contributed by atoms with van der Waals surface area (Å²) in [6.07, 6.45) is 7.57. The minimum atomic E-state index is -0.810. The number of nitrogens with one attached hydrogen (secondary N) is 2. The predicted octanol–water partition coefficient (Wildman–Crippen LogP) is 0.794. The van der Waals surface area contributed by atoms with E-state index in [0.717, 1.165) is 0 Å². The lowest BCUT2D eigenvalue weighted by molar-refractivity contribution is -0.137. The highest BCUT2D eigenvalue weighted by atomic mass is 16.4. The van der Waals surface area contributed by atoms with Crippen LogP contribution < -0.4 is 5.32 Å². The van der Waals surface area contributed by atoms with E-state index in [1.54, 1.807) is 12.3 Å². The van der Waals surface area contributed by atoms with Gasteiger partial charge in [-0.3, -0.25) is 9.59 Å². The van der Waals surface area contributed by atoms with Crippen molar-refractivity contribution in [2.24, 2.45) is 0 Å². The third-order valence-corrected chi connectivity index (χ3v) is 2.04. The highest BCUT2D eigenvalue weighted by molar-refractivity contribution is 5.91. The van der Waals surface area contributed by atoms with Crippen LogP contribution in [0.5, 0.6) is 0 Å². The number of aromatic nitrogens is 2. The second-order valence-electron chi connectivity index (χ2n) is 3.47. The Hall–Kier alpha value is -2.11. The van der Waals surface area contributed by atoms with Crippen molar-refractivity contribution in [2.45, 2.75) is 19.3 Å². The number of unbranched alkanes of at least 4 members (excludes halogenated alkanes) is 1. The number of carboxylic acids is 1. The maximum atomic E-state index is 11.3. The van der Waals surface area contributed by atoms with Crippen molar-refractivity contribution in [3.05, 3.63) is 24.3 Å². The fraction of sp³-hybridized carbons (Fsp3) is 0.364. The zero-order chi connectivity index (χ0) is 12.5. The molecule has 0 bridgehead atoms. The van der Waals surface area contributed by atoms with Gasteiger partial charge >= 0.3 is 5.97 Å². The molecule has 0 fully saturated rings. The van der Waals surface area contributed by atoms with Crippen LogP contribution in [0.3, 0.4) is 0 Å². The molecule has 6 heteroatoms. The van der Waals surface area contributed by atoms with Gasteiger partial charge in [0.1, 0.15) is 0 Å². The van der Waals surface area contributed by atoms with Crippen LogP contribution in [0, 0.1) is 0 Å². The van der Waals surface area contributed by atoms with Crippen molar-refractivity contribution in [1.82, 2.24) is 15.3 Å². The molecule has 3 N–H and O–H groups in total. The van der Waals surface area contributed by atoms with E-state index in [2.05, 4.69) is 15.3 Å². The first-order valence-corrected chi connectivity index (χ1v) is 5.35. The van der Waals surface area contributed by atoms with Crippen molar-refractivity contribution in [3.8, 4) is 0 Å². The molecule has 0 aliphatic rings. The Morgan fingerprint density at radius 1 is 1.47 bits per heavy atom. The largest absolute Gasteiger partial charge is 0.481 e. The Morgan fingerprint density at radius 2 is 2.29 bits per heavy atom. The normalized spacial score (nSPS) is 10.6. The molecule has 1 heterocycles. The molecule has 0 aromatic carbocycles. The van der Waals surface area contributed by atoms with E-state index in [1.807, 2.05) is 0 Å². The van der Waals surface area contributed by atoms with Gasteiger partial charge in [0.25, 0.3) is 0 Å². The quantitative estimate of drug-likeness (QED) is 0.482. The van der Waals surface area contributed by atoms with Gasteiger partial charge in [-0.15, -0.1) is 0 Å². The summed E-state index contributed by atoms with van der Waals surface area (Å²) in [5.74, 6) is -1.02. The molecule has 1 aromatic rings. The molecular formula is C11H15N3O3. The topological polar surface area (TPSA) is 95.1 Å². The molecular weight excluding hydrogens is 222 g/mol. The summed E-state index contributed by atoms with van der Waals surface area (Å²) >= 11 is 0. The molecule has 92 valence electrons. The highest BCUT2D eigenvalue weighted by Gasteiger charge is 1.98. The van der Waals surface area contributed by atoms with E-state index in [0.29, 0.717) is 25.1 Å². The van der Waals surface area contributed by atoms with E-state index in [9.17, 15) is 9.59 Å². The standard InChI is InChI=1S/C11H15N3O3/c15-10(5-4-9-7-12-8-14-9)13-6-2-1-3-11(16)17/h4-5,7-8H,1-3,6H2,(H,12,14)(H,13,15)(H,16,17)/b5-4+. The summed E-state index contributed by atoms with van der Waals surface area (Å²) in [5, 5.41) is 11.1. The van der Waals surface area contributed by atoms with Gasteiger partial charge in [-0.05, 0) is 18.9 Å². The number of hydrogen-bond acceptors (Lipinski definition) is 3. The number of amides is 1. The van der Waals surface area contributed by atoms with Gasteiger partial charge in [0.2, 0.25) is 5.91 Å². The number of aromatic amines is 1. The minimum Gasteiger partial charge on any atom is -0.481 e. The fourth-order valence-corrected chi connectivity index (χ4v) is 1.20. The lowest BCUT2D eigenvalue weighted by Crippen LogP contribution is -2.22. The maximum absolute atomic E-state index is 11.3. The summed E-state index contributed by atoms with van der Waals surface area (Å²) in [4.78, 5) is 28.2. The molecule has 0 saturated heterocycles. The van der Waals surface area contributed by atoms with E-state index in [-0.39, 0.29) is 12.3 Å². The van der Waals surface area contributed by atoms with Crippen LogP contribution in [-0.2, 0) is 9.59 Å². The van der Waals surface area contributed by atoms with Crippen molar-refractivity contribution in [3.63, 3.8) is 0 Å². The Kier molecular flexibility index (Phi) is 5.50. The molecule has 0 aliphatic heterocycles. The second-order valence-corrected chi connectivity index (χ2v) is 3.47. The summed E-state index contributed by atoms with van der Waals surface area (Å²) < 4.78 is 0. The van der Waals surface area contributed by atoms with E-state index < -0.39 is 5.97 Å². The number of imidazole rings is 1. The van der Waals surface area contributed by atoms with Crippen LogP contribution in [-0.4, -0.2) is 33.5 Å². The summed E-state index contributed by atoms with van der Waals surface area (Å²) in [5.41, 5.74) is 0.686. The van der Waals surface area contributed by atoms with Crippen LogP contribution in [0.25, 0.3) is 6.08 Å². The summed E-state index contributed by atoms with van der Waals surface area (Å²) in [7, 11) is 0. The smallest absolute Gasteiger partial charge is 0.303 e. The van der Waals surface area contributed by atoms with E-state index in [4.69, 9.17) is 5.11 Å². The molecule has 1 rings (SSSR count). The van der Waals surface area contributed by atoms with Gasteiger partial charge in [-0.1, -0.05) is 0 Å².